The molecule has 0 fully saturated rings. The van der Waals surface area contributed by atoms with Gasteiger partial charge < -0.3 is 10.5 Å². The standard InChI is InChI=1S/C16H12BrNO2S/c1-20-14-7-9(18)5-6-11(14)15(19)12-8-21-16-10(12)3-2-4-13(16)17/h2-8H,18H2,1H3. The lowest BCUT2D eigenvalue weighted by Crippen LogP contribution is -2.04. The maximum absolute atomic E-state index is 12.8. The number of carbonyl (C=O) groups is 1. The van der Waals surface area contributed by atoms with Crippen LogP contribution in [-0.4, -0.2) is 12.9 Å². The minimum atomic E-state index is -0.0591. The molecule has 0 bridgehead atoms. The van der Waals surface area contributed by atoms with E-state index >= 15 is 0 Å². The highest BCUT2D eigenvalue weighted by molar-refractivity contribution is 9.10. The maximum Gasteiger partial charge on any atom is 0.198 e. The van der Waals surface area contributed by atoms with Crippen LogP contribution in [0, 0.1) is 0 Å². The molecule has 2 N–H and O–H groups in total. The third kappa shape index (κ3) is 2.43. The van der Waals surface area contributed by atoms with E-state index in [1.54, 1.807) is 29.5 Å². The van der Waals surface area contributed by atoms with Gasteiger partial charge in [-0.2, -0.15) is 0 Å². The number of rotatable bonds is 3. The van der Waals surface area contributed by atoms with Crippen LogP contribution in [0.25, 0.3) is 10.1 Å². The summed E-state index contributed by atoms with van der Waals surface area (Å²) in [6.07, 6.45) is 0. The topological polar surface area (TPSA) is 52.3 Å². The Balaban J connectivity index is 2.15. The lowest BCUT2D eigenvalue weighted by atomic mass is 10.0. The zero-order chi connectivity index (χ0) is 15.0. The highest BCUT2D eigenvalue weighted by atomic mass is 79.9. The van der Waals surface area contributed by atoms with E-state index in [2.05, 4.69) is 15.9 Å². The molecule has 1 heterocycles. The number of nitrogen functional groups attached to an aromatic ring is 1. The van der Waals surface area contributed by atoms with Crippen LogP contribution in [0.1, 0.15) is 15.9 Å². The molecule has 0 saturated carbocycles. The van der Waals surface area contributed by atoms with Crippen LogP contribution < -0.4 is 10.5 Å². The first-order valence-electron chi connectivity index (χ1n) is 6.25. The van der Waals surface area contributed by atoms with Crippen molar-refractivity contribution in [2.45, 2.75) is 0 Å². The summed E-state index contributed by atoms with van der Waals surface area (Å²) in [5, 5.41) is 2.83. The predicted octanol–water partition coefficient (Wildman–Crippen LogP) is 4.49. The van der Waals surface area contributed by atoms with E-state index in [0.29, 0.717) is 22.6 Å². The smallest absolute Gasteiger partial charge is 0.198 e. The Morgan fingerprint density at radius 2 is 2.05 bits per heavy atom. The second-order valence-corrected chi connectivity index (χ2v) is 6.29. The van der Waals surface area contributed by atoms with Crippen molar-refractivity contribution in [1.82, 2.24) is 0 Å². The van der Waals surface area contributed by atoms with Crippen LogP contribution >= 0.6 is 27.3 Å². The van der Waals surface area contributed by atoms with Crippen LogP contribution in [0.5, 0.6) is 5.75 Å². The summed E-state index contributed by atoms with van der Waals surface area (Å²) >= 11 is 5.06. The van der Waals surface area contributed by atoms with Crippen molar-refractivity contribution in [1.29, 1.82) is 0 Å². The molecule has 3 nitrogen and oxygen atoms in total. The van der Waals surface area contributed by atoms with Gasteiger partial charge in [-0.15, -0.1) is 11.3 Å². The van der Waals surface area contributed by atoms with Crippen molar-refractivity contribution in [3.8, 4) is 5.75 Å². The average Bonchev–Trinajstić information content (AvgIpc) is 2.92. The normalized spacial score (nSPS) is 10.8. The molecule has 0 aliphatic carbocycles. The number of methoxy groups -OCH3 is 1. The lowest BCUT2D eigenvalue weighted by Gasteiger charge is -2.08. The maximum atomic E-state index is 12.8. The van der Waals surface area contributed by atoms with Crippen molar-refractivity contribution >= 4 is 48.8 Å². The Labute approximate surface area is 134 Å². The van der Waals surface area contributed by atoms with E-state index in [1.807, 2.05) is 23.6 Å². The fourth-order valence-corrected chi connectivity index (χ4v) is 3.84. The fraction of sp³-hybridized carbons (Fsp3) is 0.0625. The van der Waals surface area contributed by atoms with Crippen LogP contribution in [0.3, 0.4) is 0 Å². The molecule has 0 unspecified atom stereocenters. The van der Waals surface area contributed by atoms with Crippen LogP contribution in [0.15, 0.2) is 46.3 Å². The molecule has 0 aliphatic heterocycles. The first kappa shape index (κ1) is 14.1. The molecule has 0 saturated heterocycles. The fourth-order valence-electron chi connectivity index (χ4n) is 2.24. The third-order valence-corrected chi connectivity index (χ3v) is 5.22. The number of halogens is 1. The monoisotopic (exact) mass is 361 g/mol. The van der Waals surface area contributed by atoms with Gasteiger partial charge in [0, 0.05) is 37.3 Å². The number of nitrogens with two attached hydrogens (primary N) is 1. The van der Waals surface area contributed by atoms with E-state index in [9.17, 15) is 4.79 Å². The first-order valence-corrected chi connectivity index (χ1v) is 7.93. The number of thiophene rings is 1. The largest absolute Gasteiger partial charge is 0.496 e. The van der Waals surface area contributed by atoms with Crippen LogP contribution in [-0.2, 0) is 0 Å². The van der Waals surface area contributed by atoms with Gasteiger partial charge in [0.25, 0.3) is 0 Å². The predicted molar refractivity (Wildman–Crippen MR) is 90.4 cm³/mol. The van der Waals surface area contributed by atoms with Gasteiger partial charge in [-0.1, -0.05) is 12.1 Å². The summed E-state index contributed by atoms with van der Waals surface area (Å²) in [6, 6.07) is 10.9. The zero-order valence-corrected chi connectivity index (χ0v) is 13.6. The average molecular weight is 362 g/mol. The summed E-state index contributed by atoms with van der Waals surface area (Å²) in [5.74, 6) is 0.436. The summed E-state index contributed by atoms with van der Waals surface area (Å²) in [6.45, 7) is 0. The summed E-state index contributed by atoms with van der Waals surface area (Å²) in [5.41, 5.74) is 7.51. The Morgan fingerprint density at radius 1 is 1.24 bits per heavy atom. The van der Waals surface area contributed by atoms with Crippen molar-refractivity contribution < 1.29 is 9.53 Å². The minimum absolute atomic E-state index is 0.0591. The highest BCUT2D eigenvalue weighted by Crippen LogP contribution is 2.34. The lowest BCUT2D eigenvalue weighted by molar-refractivity contribution is 0.103. The van der Waals surface area contributed by atoms with Gasteiger partial charge >= 0.3 is 0 Å². The number of hydrogen-bond donors (Lipinski definition) is 1. The highest BCUT2D eigenvalue weighted by Gasteiger charge is 2.19. The van der Waals surface area contributed by atoms with Crippen LogP contribution in [0.2, 0.25) is 0 Å². The van der Waals surface area contributed by atoms with Crippen LogP contribution in [0.4, 0.5) is 5.69 Å². The van der Waals surface area contributed by atoms with Crippen molar-refractivity contribution in [3.05, 3.63) is 57.4 Å². The van der Waals surface area contributed by atoms with Gasteiger partial charge in [-0.25, -0.2) is 0 Å². The molecular weight excluding hydrogens is 350 g/mol. The molecule has 3 rings (SSSR count). The van der Waals surface area contributed by atoms with E-state index < -0.39 is 0 Å². The van der Waals surface area contributed by atoms with Gasteiger partial charge in [-0.3, -0.25) is 4.79 Å². The van der Waals surface area contributed by atoms with E-state index in [0.717, 1.165) is 14.6 Å². The van der Waals surface area contributed by atoms with Crippen molar-refractivity contribution in [3.63, 3.8) is 0 Å². The van der Waals surface area contributed by atoms with E-state index in [4.69, 9.17) is 10.5 Å². The molecule has 0 atom stereocenters. The molecule has 1 aromatic heterocycles. The number of ketones is 1. The Bertz CT molecular complexity index is 841. The van der Waals surface area contributed by atoms with E-state index in [1.165, 1.54) is 7.11 Å². The number of fused-ring (bicyclic) bond motifs is 1. The number of hydrogen-bond acceptors (Lipinski definition) is 4. The molecular formula is C16H12BrNO2S. The summed E-state index contributed by atoms with van der Waals surface area (Å²) in [7, 11) is 1.54. The van der Waals surface area contributed by atoms with Crippen molar-refractivity contribution in [2.75, 3.05) is 12.8 Å². The number of anilines is 1. The molecule has 0 radical (unpaired) electrons. The second-order valence-electron chi connectivity index (χ2n) is 4.55. The molecule has 5 heteroatoms. The molecule has 3 aromatic rings. The second kappa shape index (κ2) is 5.50. The zero-order valence-electron chi connectivity index (χ0n) is 11.2. The Kier molecular flexibility index (Phi) is 3.69. The SMILES string of the molecule is COc1cc(N)ccc1C(=O)c1csc2c(Br)cccc12. The molecule has 21 heavy (non-hydrogen) atoms. The summed E-state index contributed by atoms with van der Waals surface area (Å²) < 4.78 is 7.33. The Hall–Kier alpha value is -1.85. The van der Waals surface area contributed by atoms with Gasteiger partial charge in [-0.05, 0) is 34.1 Å². The minimum Gasteiger partial charge on any atom is -0.496 e. The molecule has 0 amide bonds. The molecule has 0 spiro atoms. The number of benzene rings is 2. The quantitative estimate of drug-likeness (QED) is 0.552. The van der Waals surface area contributed by atoms with Gasteiger partial charge in [0.2, 0.25) is 0 Å². The molecule has 106 valence electrons. The van der Waals surface area contributed by atoms with Gasteiger partial charge in [0.15, 0.2) is 5.78 Å². The Morgan fingerprint density at radius 3 is 2.81 bits per heavy atom. The summed E-state index contributed by atoms with van der Waals surface area (Å²) in [4.78, 5) is 12.8. The van der Waals surface area contributed by atoms with Gasteiger partial charge in [0.1, 0.15) is 5.75 Å². The van der Waals surface area contributed by atoms with Crippen molar-refractivity contribution in [2.24, 2.45) is 0 Å². The van der Waals surface area contributed by atoms with Gasteiger partial charge in [0.05, 0.1) is 12.7 Å². The third-order valence-electron chi connectivity index (χ3n) is 3.27. The molecule has 0 aliphatic rings. The number of carbonyl (C=O) groups excluding carboxylic acids is 1. The molecule has 2 aromatic carbocycles. The number of ether oxygens (including phenoxy) is 1. The first-order chi connectivity index (χ1) is 10.1. The van der Waals surface area contributed by atoms with E-state index in [-0.39, 0.29) is 5.78 Å².